The number of nitrogens with one attached hydrogen (secondary N) is 1. The highest BCUT2D eigenvalue weighted by Crippen LogP contribution is 2.19. The lowest BCUT2D eigenvalue weighted by molar-refractivity contribution is 0.0525. The molecule has 0 aliphatic heterocycles. The highest BCUT2D eigenvalue weighted by atomic mass is 16.5. The van der Waals surface area contributed by atoms with Crippen LogP contribution in [-0.4, -0.2) is 24.3 Å². The van der Waals surface area contributed by atoms with Gasteiger partial charge in [-0.1, -0.05) is 12.1 Å². The maximum absolute atomic E-state index is 11.5. The van der Waals surface area contributed by atoms with E-state index in [1.165, 1.54) is 0 Å². The van der Waals surface area contributed by atoms with Gasteiger partial charge in [0.25, 0.3) is 0 Å². The van der Waals surface area contributed by atoms with Crippen molar-refractivity contribution in [2.24, 2.45) is 0 Å². The minimum absolute atomic E-state index is 0.344. The van der Waals surface area contributed by atoms with Crippen molar-refractivity contribution in [3.63, 3.8) is 0 Å². The van der Waals surface area contributed by atoms with Crippen LogP contribution in [0.3, 0.4) is 0 Å². The molecule has 0 radical (unpaired) electrons. The summed E-state index contributed by atoms with van der Waals surface area (Å²) in [4.78, 5) is 11.5. The summed E-state index contributed by atoms with van der Waals surface area (Å²) in [6.45, 7) is 6.58. The van der Waals surface area contributed by atoms with Crippen molar-refractivity contribution in [2.45, 2.75) is 27.2 Å². The number of rotatable bonds is 5. The fourth-order valence-corrected chi connectivity index (χ4v) is 1.18. The number of carbonyl (C=O) groups is 1. The van der Waals surface area contributed by atoms with Crippen LogP contribution in [0.1, 0.15) is 36.4 Å². The summed E-state index contributed by atoms with van der Waals surface area (Å²) in [6, 6.07) is 0. The Morgan fingerprint density at radius 1 is 1.53 bits per heavy atom. The Kier molecular flexibility index (Phi) is 4.15. The number of aromatic nitrogens is 1. The predicted octanol–water partition coefficient (Wildman–Crippen LogP) is 1.98. The molecular formula is C10H16N2O3. The molecule has 0 unspecified atom stereocenters. The van der Waals surface area contributed by atoms with Gasteiger partial charge in [-0.3, -0.25) is 0 Å². The van der Waals surface area contributed by atoms with E-state index in [0.29, 0.717) is 23.7 Å². The van der Waals surface area contributed by atoms with Crippen LogP contribution in [0.2, 0.25) is 0 Å². The number of nitrogens with zero attached hydrogens (tertiary/aromatic N) is 1. The molecule has 1 N–H and O–H groups in total. The van der Waals surface area contributed by atoms with Gasteiger partial charge in [-0.2, -0.15) is 0 Å². The van der Waals surface area contributed by atoms with E-state index in [1.54, 1.807) is 13.8 Å². The van der Waals surface area contributed by atoms with Gasteiger partial charge >= 0.3 is 5.97 Å². The number of hydrogen-bond donors (Lipinski definition) is 1. The van der Waals surface area contributed by atoms with Crippen LogP contribution >= 0.6 is 0 Å². The van der Waals surface area contributed by atoms with Gasteiger partial charge in [0, 0.05) is 6.54 Å². The zero-order valence-electron chi connectivity index (χ0n) is 9.29. The summed E-state index contributed by atoms with van der Waals surface area (Å²) < 4.78 is 9.86. The van der Waals surface area contributed by atoms with Crippen LogP contribution in [0.15, 0.2) is 4.52 Å². The van der Waals surface area contributed by atoms with Crippen LogP contribution in [-0.2, 0) is 4.74 Å². The maximum atomic E-state index is 11.5. The van der Waals surface area contributed by atoms with E-state index in [2.05, 4.69) is 10.5 Å². The Labute approximate surface area is 88.8 Å². The van der Waals surface area contributed by atoms with E-state index in [-0.39, 0.29) is 0 Å². The van der Waals surface area contributed by atoms with E-state index >= 15 is 0 Å². The van der Waals surface area contributed by atoms with Crippen LogP contribution in [0.25, 0.3) is 0 Å². The first-order valence-corrected chi connectivity index (χ1v) is 5.07. The number of esters is 1. The van der Waals surface area contributed by atoms with Crippen LogP contribution in [0.5, 0.6) is 0 Å². The first-order valence-electron chi connectivity index (χ1n) is 5.07. The zero-order chi connectivity index (χ0) is 11.3. The van der Waals surface area contributed by atoms with E-state index < -0.39 is 5.97 Å². The molecule has 0 aromatic carbocycles. The molecule has 0 saturated carbocycles. The first kappa shape index (κ1) is 11.6. The van der Waals surface area contributed by atoms with E-state index in [9.17, 15) is 4.79 Å². The highest BCUT2D eigenvalue weighted by molar-refractivity contribution is 5.95. The number of ether oxygens (including phenoxy) is 1. The molecule has 1 heterocycles. The van der Waals surface area contributed by atoms with Crippen LogP contribution in [0, 0.1) is 6.92 Å². The van der Waals surface area contributed by atoms with Crippen molar-refractivity contribution in [3.05, 3.63) is 11.3 Å². The molecule has 1 aromatic rings. The second-order valence-electron chi connectivity index (χ2n) is 3.11. The molecule has 0 aliphatic carbocycles. The van der Waals surface area contributed by atoms with Gasteiger partial charge < -0.3 is 14.6 Å². The molecule has 0 bridgehead atoms. The van der Waals surface area contributed by atoms with Gasteiger partial charge in [-0.05, 0) is 20.3 Å². The Morgan fingerprint density at radius 3 is 2.87 bits per heavy atom. The van der Waals surface area contributed by atoms with Crippen molar-refractivity contribution >= 4 is 11.8 Å². The quantitative estimate of drug-likeness (QED) is 0.756. The fourth-order valence-electron chi connectivity index (χ4n) is 1.18. The normalized spacial score (nSPS) is 10.1. The van der Waals surface area contributed by atoms with Crippen LogP contribution in [0.4, 0.5) is 5.82 Å². The number of anilines is 1. The summed E-state index contributed by atoms with van der Waals surface area (Å²) in [5.41, 5.74) is 0.394. The van der Waals surface area contributed by atoms with Crippen molar-refractivity contribution in [1.29, 1.82) is 0 Å². The smallest absolute Gasteiger partial charge is 0.345 e. The average molecular weight is 212 g/mol. The van der Waals surface area contributed by atoms with E-state index in [4.69, 9.17) is 9.26 Å². The maximum Gasteiger partial charge on any atom is 0.345 e. The van der Waals surface area contributed by atoms with Crippen molar-refractivity contribution in [1.82, 2.24) is 5.16 Å². The topological polar surface area (TPSA) is 64.4 Å². The van der Waals surface area contributed by atoms with Gasteiger partial charge in [0.15, 0.2) is 11.6 Å². The summed E-state index contributed by atoms with van der Waals surface area (Å²) in [7, 11) is 0. The standard InChI is InChI=1S/C10H16N2O3/c1-4-6-11-9-8(7(3)15-12-9)10(13)14-5-2/h4-6H2,1-3H3,(H,11,12). The number of hydrogen-bond acceptors (Lipinski definition) is 5. The first-order chi connectivity index (χ1) is 7.20. The Bertz CT molecular complexity index is 333. The SMILES string of the molecule is CCCNc1noc(C)c1C(=O)OCC. The lowest BCUT2D eigenvalue weighted by atomic mass is 10.2. The molecule has 15 heavy (non-hydrogen) atoms. The fraction of sp³-hybridized carbons (Fsp3) is 0.600. The van der Waals surface area contributed by atoms with Gasteiger partial charge in [-0.25, -0.2) is 4.79 Å². The molecule has 0 spiro atoms. The number of carbonyl (C=O) groups excluding carboxylic acids is 1. The molecular weight excluding hydrogens is 196 g/mol. The predicted molar refractivity (Wildman–Crippen MR) is 56.0 cm³/mol. The average Bonchev–Trinajstić information content (AvgIpc) is 2.57. The summed E-state index contributed by atoms with van der Waals surface area (Å²) in [6.07, 6.45) is 0.953. The third-order valence-corrected chi connectivity index (χ3v) is 1.88. The molecule has 0 atom stereocenters. The van der Waals surface area contributed by atoms with E-state index in [1.807, 2.05) is 6.92 Å². The Morgan fingerprint density at radius 2 is 2.27 bits per heavy atom. The second-order valence-corrected chi connectivity index (χ2v) is 3.11. The molecule has 1 rings (SSSR count). The third kappa shape index (κ3) is 2.71. The summed E-state index contributed by atoms with van der Waals surface area (Å²) in [5.74, 6) is 0.551. The van der Waals surface area contributed by atoms with Crippen molar-refractivity contribution < 1.29 is 14.1 Å². The number of aryl methyl sites for hydroxylation is 1. The van der Waals surface area contributed by atoms with Gasteiger partial charge in [0.1, 0.15) is 5.56 Å². The molecule has 0 fully saturated rings. The molecule has 5 heteroatoms. The minimum atomic E-state index is -0.394. The summed E-state index contributed by atoms with van der Waals surface area (Å²) in [5, 5.41) is 6.79. The largest absolute Gasteiger partial charge is 0.462 e. The minimum Gasteiger partial charge on any atom is -0.462 e. The van der Waals surface area contributed by atoms with Crippen molar-refractivity contribution in [3.8, 4) is 0 Å². The monoisotopic (exact) mass is 212 g/mol. The molecule has 84 valence electrons. The lowest BCUT2D eigenvalue weighted by Gasteiger charge is -2.03. The van der Waals surface area contributed by atoms with Gasteiger partial charge in [-0.15, -0.1) is 0 Å². The highest BCUT2D eigenvalue weighted by Gasteiger charge is 2.20. The second kappa shape index (κ2) is 5.38. The van der Waals surface area contributed by atoms with Crippen LogP contribution < -0.4 is 5.32 Å². The zero-order valence-corrected chi connectivity index (χ0v) is 9.29. The van der Waals surface area contributed by atoms with E-state index in [0.717, 1.165) is 13.0 Å². The van der Waals surface area contributed by atoms with Crippen molar-refractivity contribution in [2.75, 3.05) is 18.5 Å². The Hall–Kier alpha value is -1.52. The molecule has 0 saturated heterocycles. The third-order valence-electron chi connectivity index (χ3n) is 1.88. The Balaban J connectivity index is 2.83. The lowest BCUT2D eigenvalue weighted by Crippen LogP contribution is -2.10. The van der Waals surface area contributed by atoms with Gasteiger partial charge in [0.05, 0.1) is 6.61 Å². The molecule has 0 amide bonds. The van der Waals surface area contributed by atoms with Gasteiger partial charge in [0.2, 0.25) is 0 Å². The molecule has 1 aromatic heterocycles. The molecule has 0 aliphatic rings. The molecule has 5 nitrogen and oxygen atoms in total. The summed E-state index contributed by atoms with van der Waals surface area (Å²) >= 11 is 0.